The van der Waals surface area contributed by atoms with E-state index in [1.807, 2.05) is 19.3 Å². The Bertz CT molecular complexity index is 381. The lowest BCUT2D eigenvalue weighted by Crippen LogP contribution is -2.33. The molecule has 0 aliphatic heterocycles. The fourth-order valence-electron chi connectivity index (χ4n) is 1.90. The van der Waals surface area contributed by atoms with Crippen molar-refractivity contribution in [3.63, 3.8) is 0 Å². The second kappa shape index (κ2) is 20.4. The van der Waals surface area contributed by atoms with Crippen LogP contribution in [0.15, 0.2) is 0 Å². The number of hydrogen-bond donors (Lipinski definition) is 3. The standard InChI is InChI=1S/C17H35N3O8/c1-3-27-17(28-4-2)5-6-19-15(21)13-25-11-9-23-7-8-24-10-12-26-14-16(22)20-18/h17H,3-14,18H2,1-2H3,(H,19,21)(H,20,22). The van der Waals surface area contributed by atoms with E-state index < -0.39 is 5.91 Å². The maximum absolute atomic E-state index is 11.6. The van der Waals surface area contributed by atoms with Gasteiger partial charge in [-0.2, -0.15) is 0 Å². The molecule has 0 aliphatic carbocycles. The molecule has 11 heteroatoms. The zero-order valence-electron chi connectivity index (χ0n) is 16.9. The summed E-state index contributed by atoms with van der Waals surface area (Å²) in [5.41, 5.74) is 1.96. The zero-order chi connectivity index (χ0) is 20.9. The minimum Gasteiger partial charge on any atom is -0.377 e. The smallest absolute Gasteiger partial charge is 0.259 e. The Kier molecular flexibility index (Phi) is 19.4. The van der Waals surface area contributed by atoms with Gasteiger partial charge in [0.05, 0.1) is 39.6 Å². The van der Waals surface area contributed by atoms with Crippen LogP contribution in [0.2, 0.25) is 0 Å². The minimum absolute atomic E-state index is 0.0263. The van der Waals surface area contributed by atoms with Gasteiger partial charge in [0.25, 0.3) is 5.91 Å². The number of nitrogens with two attached hydrogens (primary N) is 1. The van der Waals surface area contributed by atoms with E-state index in [-0.39, 0.29) is 25.4 Å². The molecular weight excluding hydrogens is 374 g/mol. The lowest BCUT2D eigenvalue weighted by atomic mass is 10.4. The number of nitrogens with one attached hydrogen (secondary N) is 2. The number of ether oxygens (including phenoxy) is 6. The van der Waals surface area contributed by atoms with Crippen molar-refractivity contribution < 1.29 is 38.0 Å². The Morgan fingerprint density at radius 1 is 0.786 bits per heavy atom. The quantitative estimate of drug-likeness (QED) is 0.0755. The highest BCUT2D eigenvalue weighted by Gasteiger charge is 2.08. The summed E-state index contributed by atoms with van der Waals surface area (Å²) in [6.07, 6.45) is 0.283. The van der Waals surface area contributed by atoms with Gasteiger partial charge in [0.15, 0.2) is 6.29 Å². The lowest BCUT2D eigenvalue weighted by molar-refractivity contribution is -0.140. The molecule has 2 amide bonds. The molecule has 0 saturated heterocycles. The van der Waals surface area contributed by atoms with Gasteiger partial charge in [0.1, 0.15) is 13.2 Å². The van der Waals surface area contributed by atoms with Gasteiger partial charge in [-0.25, -0.2) is 5.84 Å². The zero-order valence-corrected chi connectivity index (χ0v) is 16.9. The van der Waals surface area contributed by atoms with E-state index in [4.69, 9.17) is 34.3 Å². The van der Waals surface area contributed by atoms with Crippen LogP contribution in [0.5, 0.6) is 0 Å². The van der Waals surface area contributed by atoms with E-state index in [1.54, 1.807) is 0 Å². The molecule has 0 fully saturated rings. The molecule has 0 aliphatic rings. The van der Waals surface area contributed by atoms with E-state index in [0.29, 0.717) is 65.8 Å². The van der Waals surface area contributed by atoms with Crippen LogP contribution < -0.4 is 16.6 Å². The molecule has 11 nitrogen and oxygen atoms in total. The van der Waals surface area contributed by atoms with Crippen LogP contribution in [-0.2, 0) is 38.0 Å². The summed E-state index contributed by atoms with van der Waals surface area (Å²) in [5, 5.41) is 2.75. The molecule has 4 N–H and O–H groups in total. The van der Waals surface area contributed by atoms with Crippen molar-refractivity contribution in [1.29, 1.82) is 0 Å². The number of amides is 2. The number of hydrazine groups is 1. The largest absolute Gasteiger partial charge is 0.377 e. The average Bonchev–Trinajstić information content (AvgIpc) is 2.68. The van der Waals surface area contributed by atoms with E-state index >= 15 is 0 Å². The van der Waals surface area contributed by atoms with Gasteiger partial charge in [-0.15, -0.1) is 0 Å². The number of carbonyl (C=O) groups excluding carboxylic acids is 2. The monoisotopic (exact) mass is 409 g/mol. The van der Waals surface area contributed by atoms with Crippen molar-refractivity contribution in [1.82, 2.24) is 10.7 Å². The molecule has 0 spiro atoms. The first-order valence-corrected chi connectivity index (χ1v) is 9.44. The number of hydrogen-bond acceptors (Lipinski definition) is 9. The Morgan fingerprint density at radius 3 is 1.71 bits per heavy atom. The third kappa shape index (κ3) is 18.0. The summed E-state index contributed by atoms with van der Waals surface area (Å²) in [5.74, 6) is 4.32. The van der Waals surface area contributed by atoms with Crippen LogP contribution in [0.1, 0.15) is 20.3 Å². The second-order valence-electron chi connectivity index (χ2n) is 5.38. The molecule has 0 atom stereocenters. The van der Waals surface area contributed by atoms with Crippen molar-refractivity contribution in [3.8, 4) is 0 Å². The summed E-state index contributed by atoms with van der Waals surface area (Å²) in [7, 11) is 0. The van der Waals surface area contributed by atoms with Crippen molar-refractivity contribution in [2.45, 2.75) is 26.6 Å². The lowest BCUT2D eigenvalue weighted by Gasteiger charge is -2.16. The summed E-state index contributed by atoms with van der Waals surface area (Å²) in [6, 6.07) is 0. The average molecular weight is 409 g/mol. The molecule has 0 unspecified atom stereocenters. The fourth-order valence-corrected chi connectivity index (χ4v) is 1.90. The topological polar surface area (TPSA) is 140 Å². The first kappa shape index (κ1) is 26.7. The Morgan fingerprint density at radius 2 is 1.25 bits per heavy atom. The molecule has 0 radical (unpaired) electrons. The maximum Gasteiger partial charge on any atom is 0.259 e. The van der Waals surface area contributed by atoms with E-state index in [2.05, 4.69) is 5.32 Å². The summed E-state index contributed by atoms with van der Waals surface area (Å²) >= 11 is 0. The normalized spacial score (nSPS) is 11.0. The van der Waals surface area contributed by atoms with Gasteiger partial charge >= 0.3 is 0 Å². The first-order chi connectivity index (χ1) is 13.6. The van der Waals surface area contributed by atoms with Gasteiger partial charge in [-0.05, 0) is 13.8 Å². The molecule has 0 bridgehead atoms. The molecule has 0 rings (SSSR count). The molecule has 0 aromatic rings. The van der Waals surface area contributed by atoms with E-state index in [0.717, 1.165) is 0 Å². The molecule has 166 valence electrons. The van der Waals surface area contributed by atoms with Crippen molar-refractivity contribution in [2.24, 2.45) is 5.84 Å². The van der Waals surface area contributed by atoms with Crippen molar-refractivity contribution in [2.75, 3.05) is 72.6 Å². The third-order valence-electron chi connectivity index (χ3n) is 3.15. The summed E-state index contributed by atoms with van der Waals surface area (Å²) < 4.78 is 31.6. The molecule has 0 heterocycles. The molecule has 28 heavy (non-hydrogen) atoms. The van der Waals surface area contributed by atoms with Gasteiger partial charge in [-0.3, -0.25) is 15.0 Å². The van der Waals surface area contributed by atoms with Crippen LogP contribution in [0.3, 0.4) is 0 Å². The molecule has 0 saturated carbocycles. The Labute approximate surface area is 166 Å². The van der Waals surface area contributed by atoms with Crippen molar-refractivity contribution >= 4 is 11.8 Å². The highest BCUT2D eigenvalue weighted by molar-refractivity contribution is 5.77. The second-order valence-corrected chi connectivity index (χ2v) is 5.38. The molecular formula is C17H35N3O8. The minimum atomic E-state index is -0.391. The first-order valence-electron chi connectivity index (χ1n) is 9.44. The molecule has 0 aromatic heterocycles. The highest BCUT2D eigenvalue weighted by atomic mass is 16.7. The summed E-state index contributed by atoms with van der Waals surface area (Å²) in [4.78, 5) is 22.4. The third-order valence-corrected chi connectivity index (χ3v) is 3.15. The number of rotatable bonds is 20. The summed E-state index contributed by atoms with van der Waals surface area (Å²) in [6.45, 7) is 7.37. The fraction of sp³-hybridized carbons (Fsp3) is 0.882. The van der Waals surface area contributed by atoms with Gasteiger partial charge < -0.3 is 33.7 Å². The van der Waals surface area contributed by atoms with Gasteiger partial charge in [0, 0.05) is 26.2 Å². The van der Waals surface area contributed by atoms with Crippen LogP contribution in [0.4, 0.5) is 0 Å². The van der Waals surface area contributed by atoms with Crippen LogP contribution in [-0.4, -0.2) is 90.7 Å². The molecule has 0 aromatic carbocycles. The SMILES string of the molecule is CCOC(CCNC(=O)COCCOCCOCCOCC(=O)NN)OCC. The number of carbonyl (C=O) groups is 2. The van der Waals surface area contributed by atoms with Crippen molar-refractivity contribution in [3.05, 3.63) is 0 Å². The highest BCUT2D eigenvalue weighted by Crippen LogP contribution is 1.99. The predicted molar refractivity (Wildman–Crippen MR) is 100 cm³/mol. The van der Waals surface area contributed by atoms with Gasteiger partial charge in [0.2, 0.25) is 5.91 Å². The van der Waals surface area contributed by atoms with Crippen LogP contribution in [0.25, 0.3) is 0 Å². The van der Waals surface area contributed by atoms with E-state index in [9.17, 15) is 9.59 Å². The maximum atomic E-state index is 11.6. The van der Waals surface area contributed by atoms with E-state index in [1.165, 1.54) is 0 Å². The Hall–Kier alpha value is -1.34. The van der Waals surface area contributed by atoms with Crippen LogP contribution >= 0.6 is 0 Å². The predicted octanol–water partition coefficient (Wildman–Crippen LogP) is -1.05. The van der Waals surface area contributed by atoms with Gasteiger partial charge in [-0.1, -0.05) is 0 Å². The van der Waals surface area contributed by atoms with Crippen LogP contribution in [0, 0.1) is 0 Å². The Balaban J connectivity index is 3.35.